The number of halogens is 1. The van der Waals surface area contributed by atoms with E-state index in [4.69, 9.17) is 4.74 Å². The van der Waals surface area contributed by atoms with Gasteiger partial charge in [0.2, 0.25) is 5.91 Å². The quantitative estimate of drug-likeness (QED) is 0.926. The van der Waals surface area contributed by atoms with Gasteiger partial charge in [-0.15, -0.1) is 0 Å². The monoisotopic (exact) mass is 342 g/mol. The topological polar surface area (TPSA) is 58.6 Å². The molecular formula is C19H19FN2O3. The molecule has 1 unspecified atom stereocenters. The Bertz CT molecular complexity index is 734. The van der Waals surface area contributed by atoms with E-state index in [1.54, 1.807) is 41.3 Å². The molecule has 1 aliphatic heterocycles. The molecule has 5 nitrogen and oxygen atoms in total. The normalized spacial score (nSPS) is 17.2. The minimum absolute atomic E-state index is 0.0656. The maximum Gasteiger partial charge on any atom is 0.251 e. The van der Waals surface area contributed by atoms with Crippen LogP contribution >= 0.6 is 0 Å². The first-order valence-electron chi connectivity index (χ1n) is 8.11. The van der Waals surface area contributed by atoms with Gasteiger partial charge in [0.1, 0.15) is 11.9 Å². The van der Waals surface area contributed by atoms with Gasteiger partial charge < -0.3 is 15.0 Å². The van der Waals surface area contributed by atoms with Gasteiger partial charge in [-0.3, -0.25) is 9.59 Å². The van der Waals surface area contributed by atoms with Crippen molar-refractivity contribution < 1.29 is 18.7 Å². The van der Waals surface area contributed by atoms with Crippen molar-refractivity contribution in [2.45, 2.75) is 6.10 Å². The van der Waals surface area contributed by atoms with E-state index in [0.29, 0.717) is 25.3 Å². The van der Waals surface area contributed by atoms with Gasteiger partial charge in [-0.05, 0) is 29.8 Å². The summed E-state index contributed by atoms with van der Waals surface area (Å²) in [6, 6.07) is 14.8. The minimum Gasteiger partial charge on any atom is -0.370 e. The van der Waals surface area contributed by atoms with Gasteiger partial charge in [-0.25, -0.2) is 4.39 Å². The van der Waals surface area contributed by atoms with Crippen molar-refractivity contribution in [3.63, 3.8) is 0 Å². The molecule has 6 heteroatoms. The number of carbonyl (C=O) groups is 2. The summed E-state index contributed by atoms with van der Waals surface area (Å²) in [7, 11) is 0. The number of rotatable bonds is 4. The van der Waals surface area contributed by atoms with Gasteiger partial charge in [0.05, 0.1) is 19.7 Å². The molecular weight excluding hydrogens is 323 g/mol. The lowest BCUT2D eigenvalue weighted by atomic mass is 10.1. The van der Waals surface area contributed by atoms with Gasteiger partial charge in [-0.2, -0.15) is 0 Å². The number of hydrogen-bond donors (Lipinski definition) is 1. The fourth-order valence-corrected chi connectivity index (χ4v) is 2.71. The third-order valence-electron chi connectivity index (χ3n) is 4.10. The van der Waals surface area contributed by atoms with Crippen molar-refractivity contribution in [2.75, 3.05) is 26.2 Å². The number of ether oxygens (including phenoxy) is 1. The first-order chi connectivity index (χ1) is 12.1. The predicted molar refractivity (Wildman–Crippen MR) is 90.4 cm³/mol. The molecule has 2 amide bonds. The van der Waals surface area contributed by atoms with Gasteiger partial charge >= 0.3 is 0 Å². The third kappa shape index (κ3) is 4.42. The van der Waals surface area contributed by atoms with E-state index >= 15 is 0 Å². The van der Waals surface area contributed by atoms with Crippen LogP contribution in [0.3, 0.4) is 0 Å². The van der Waals surface area contributed by atoms with E-state index in [1.165, 1.54) is 12.1 Å². The highest BCUT2D eigenvalue weighted by Gasteiger charge is 2.25. The second-order valence-corrected chi connectivity index (χ2v) is 5.80. The summed E-state index contributed by atoms with van der Waals surface area (Å²) < 4.78 is 18.7. The standard InChI is InChI=1S/C19H19FN2O3/c20-16-8-6-14(7-9-16)17-13-22(10-11-25-17)18(23)12-21-19(24)15-4-2-1-3-5-15/h1-9,17H,10-13H2,(H,21,24). The van der Waals surface area contributed by atoms with Gasteiger partial charge in [0, 0.05) is 12.1 Å². The fraction of sp³-hybridized carbons (Fsp3) is 0.263. The van der Waals surface area contributed by atoms with Crippen LogP contribution in [-0.2, 0) is 9.53 Å². The van der Waals surface area contributed by atoms with Gasteiger partial charge in [0.25, 0.3) is 5.91 Å². The largest absolute Gasteiger partial charge is 0.370 e. The molecule has 2 aromatic rings. The van der Waals surface area contributed by atoms with Crippen LogP contribution in [0.1, 0.15) is 22.0 Å². The van der Waals surface area contributed by atoms with Crippen LogP contribution in [0.5, 0.6) is 0 Å². The minimum atomic E-state index is -0.309. The molecule has 1 saturated heterocycles. The van der Waals surface area contributed by atoms with Crippen molar-refractivity contribution in [2.24, 2.45) is 0 Å². The summed E-state index contributed by atoms with van der Waals surface area (Å²) >= 11 is 0. The van der Waals surface area contributed by atoms with E-state index in [1.807, 2.05) is 6.07 Å². The molecule has 0 spiro atoms. The van der Waals surface area contributed by atoms with Crippen molar-refractivity contribution in [3.05, 3.63) is 71.5 Å². The second-order valence-electron chi connectivity index (χ2n) is 5.80. The number of nitrogens with zero attached hydrogens (tertiary/aromatic N) is 1. The summed E-state index contributed by atoms with van der Waals surface area (Å²) in [4.78, 5) is 26.0. The third-order valence-corrected chi connectivity index (χ3v) is 4.10. The van der Waals surface area contributed by atoms with Crippen molar-refractivity contribution in [3.8, 4) is 0 Å². The molecule has 0 saturated carbocycles. The van der Waals surface area contributed by atoms with E-state index in [2.05, 4.69) is 5.32 Å². The maximum atomic E-state index is 13.0. The van der Waals surface area contributed by atoms with Crippen LogP contribution in [0.25, 0.3) is 0 Å². The highest BCUT2D eigenvalue weighted by Crippen LogP contribution is 2.22. The Balaban J connectivity index is 1.55. The van der Waals surface area contributed by atoms with Crippen LogP contribution in [0, 0.1) is 5.82 Å². The molecule has 0 aromatic heterocycles. The number of morpholine rings is 1. The lowest BCUT2D eigenvalue weighted by Gasteiger charge is -2.33. The average molecular weight is 342 g/mol. The molecule has 0 aliphatic carbocycles. The zero-order chi connectivity index (χ0) is 17.6. The molecule has 1 atom stereocenters. The van der Waals surface area contributed by atoms with Crippen LogP contribution in [-0.4, -0.2) is 43.0 Å². The Kier molecular flexibility index (Phi) is 5.40. The Morgan fingerprint density at radius 1 is 1.12 bits per heavy atom. The second kappa shape index (κ2) is 7.90. The van der Waals surface area contributed by atoms with E-state index in [0.717, 1.165) is 5.56 Å². The number of hydrogen-bond acceptors (Lipinski definition) is 3. The van der Waals surface area contributed by atoms with Crippen molar-refractivity contribution in [1.29, 1.82) is 0 Å². The van der Waals surface area contributed by atoms with Crippen molar-refractivity contribution >= 4 is 11.8 Å². The SMILES string of the molecule is O=C(NCC(=O)N1CCOC(c2ccc(F)cc2)C1)c1ccccc1. The molecule has 130 valence electrons. The molecule has 3 rings (SSSR count). The number of benzene rings is 2. The summed E-state index contributed by atoms with van der Waals surface area (Å²) in [6.07, 6.45) is -0.289. The highest BCUT2D eigenvalue weighted by molar-refractivity contribution is 5.96. The van der Waals surface area contributed by atoms with Gasteiger partial charge in [-0.1, -0.05) is 30.3 Å². The van der Waals surface area contributed by atoms with Crippen molar-refractivity contribution in [1.82, 2.24) is 10.2 Å². The Morgan fingerprint density at radius 2 is 1.84 bits per heavy atom. The first kappa shape index (κ1) is 17.1. The highest BCUT2D eigenvalue weighted by atomic mass is 19.1. The molecule has 1 heterocycles. The van der Waals surface area contributed by atoms with Gasteiger partial charge in [0.15, 0.2) is 0 Å². The molecule has 2 aromatic carbocycles. The molecule has 25 heavy (non-hydrogen) atoms. The lowest BCUT2D eigenvalue weighted by molar-refractivity contribution is -0.137. The molecule has 0 radical (unpaired) electrons. The zero-order valence-corrected chi connectivity index (χ0v) is 13.7. The van der Waals surface area contributed by atoms with Crippen LogP contribution in [0.4, 0.5) is 4.39 Å². The van der Waals surface area contributed by atoms with E-state index in [9.17, 15) is 14.0 Å². The van der Waals surface area contributed by atoms with E-state index < -0.39 is 0 Å². The molecule has 1 fully saturated rings. The molecule has 1 N–H and O–H groups in total. The van der Waals surface area contributed by atoms with Crippen LogP contribution in [0.15, 0.2) is 54.6 Å². The van der Waals surface area contributed by atoms with Crippen LogP contribution < -0.4 is 5.32 Å². The number of amides is 2. The zero-order valence-electron chi connectivity index (χ0n) is 13.7. The Morgan fingerprint density at radius 3 is 2.56 bits per heavy atom. The molecule has 0 bridgehead atoms. The fourth-order valence-electron chi connectivity index (χ4n) is 2.71. The summed E-state index contributed by atoms with van der Waals surface area (Å²) in [6.45, 7) is 1.19. The maximum absolute atomic E-state index is 13.0. The first-order valence-corrected chi connectivity index (χ1v) is 8.11. The smallest absolute Gasteiger partial charge is 0.251 e. The number of nitrogens with one attached hydrogen (secondary N) is 1. The lowest BCUT2D eigenvalue weighted by Crippen LogP contribution is -2.46. The Hall–Kier alpha value is -2.73. The molecule has 1 aliphatic rings. The summed E-state index contributed by atoms with van der Waals surface area (Å²) in [5, 5.41) is 2.64. The Labute approximate surface area is 145 Å². The van der Waals surface area contributed by atoms with Crippen LogP contribution in [0.2, 0.25) is 0 Å². The predicted octanol–water partition coefficient (Wildman–Crippen LogP) is 2.16. The summed E-state index contributed by atoms with van der Waals surface area (Å²) in [5.41, 5.74) is 1.34. The number of carbonyl (C=O) groups excluding carboxylic acids is 2. The summed E-state index contributed by atoms with van der Waals surface area (Å²) in [5.74, 6) is -0.756. The van der Waals surface area contributed by atoms with E-state index in [-0.39, 0.29) is 30.3 Å². The average Bonchev–Trinajstić information content (AvgIpc) is 2.67.